The minimum atomic E-state index is 0.588. The van der Waals surface area contributed by atoms with E-state index in [9.17, 15) is 0 Å². The summed E-state index contributed by atoms with van der Waals surface area (Å²) in [4.78, 5) is 0. The maximum atomic E-state index is 6.20. The van der Waals surface area contributed by atoms with E-state index < -0.39 is 0 Å². The number of hydrogen-bond acceptors (Lipinski definition) is 1. The van der Waals surface area contributed by atoms with E-state index in [2.05, 4.69) is 26.1 Å². The molecule has 3 heteroatoms. The highest BCUT2D eigenvalue weighted by atomic mass is 35.5. The molecule has 1 aromatic carbocycles. The van der Waals surface area contributed by atoms with Crippen LogP contribution in [0.1, 0.15) is 32.8 Å². The SMILES string of the molecule is CCCNCC(C)C(C)Cc1cc(Cl)ccc1Cl. The highest BCUT2D eigenvalue weighted by Crippen LogP contribution is 2.25. The van der Waals surface area contributed by atoms with Gasteiger partial charge in [0, 0.05) is 10.0 Å². The molecule has 0 saturated carbocycles. The van der Waals surface area contributed by atoms with Crippen LogP contribution in [0.5, 0.6) is 0 Å². The first-order chi connectivity index (χ1) is 8.54. The van der Waals surface area contributed by atoms with E-state index in [4.69, 9.17) is 23.2 Å². The van der Waals surface area contributed by atoms with Crippen molar-refractivity contribution in [2.24, 2.45) is 11.8 Å². The summed E-state index contributed by atoms with van der Waals surface area (Å²) in [6.45, 7) is 8.90. The van der Waals surface area contributed by atoms with E-state index >= 15 is 0 Å². The van der Waals surface area contributed by atoms with Crippen LogP contribution in [0, 0.1) is 11.8 Å². The fraction of sp³-hybridized carbons (Fsp3) is 0.600. The van der Waals surface area contributed by atoms with Crippen molar-refractivity contribution in [1.29, 1.82) is 0 Å². The summed E-state index contributed by atoms with van der Waals surface area (Å²) in [6, 6.07) is 5.70. The summed E-state index contributed by atoms with van der Waals surface area (Å²) in [5, 5.41) is 5.05. The molecule has 0 aromatic heterocycles. The Morgan fingerprint density at radius 3 is 2.56 bits per heavy atom. The van der Waals surface area contributed by atoms with E-state index in [0.717, 1.165) is 35.1 Å². The summed E-state index contributed by atoms with van der Waals surface area (Å²) >= 11 is 12.2. The molecule has 102 valence electrons. The number of halogens is 2. The van der Waals surface area contributed by atoms with Crippen LogP contribution in [-0.4, -0.2) is 13.1 Å². The van der Waals surface area contributed by atoms with Gasteiger partial charge in [-0.25, -0.2) is 0 Å². The topological polar surface area (TPSA) is 12.0 Å². The quantitative estimate of drug-likeness (QED) is 0.710. The van der Waals surface area contributed by atoms with Crippen molar-refractivity contribution in [3.05, 3.63) is 33.8 Å². The predicted molar refractivity (Wildman–Crippen MR) is 81.7 cm³/mol. The molecule has 0 radical (unpaired) electrons. The van der Waals surface area contributed by atoms with Crippen molar-refractivity contribution in [1.82, 2.24) is 5.32 Å². The molecule has 0 aliphatic rings. The molecule has 0 fully saturated rings. The van der Waals surface area contributed by atoms with E-state index in [1.165, 1.54) is 6.42 Å². The molecule has 2 atom stereocenters. The van der Waals surface area contributed by atoms with Gasteiger partial charge in [-0.05, 0) is 61.5 Å². The summed E-state index contributed by atoms with van der Waals surface area (Å²) in [5.41, 5.74) is 1.15. The van der Waals surface area contributed by atoms with Crippen molar-refractivity contribution < 1.29 is 0 Å². The molecule has 1 nitrogen and oxygen atoms in total. The maximum absolute atomic E-state index is 6.20. The highest BCUT2D eigenvalue weighted by Gasteiger charge is 2.14. The third kappa shape index (κ3) is 5.17. The second-order valence-corrected chi connectivity index (χ2v) is 5.94. The molecule has 0 spiro atoms. The zero-order chi connectivity index (χ0) is 13.5. The van der Waals surface area contributed by atoms with Crippen LogP contribution in [0.15, 0.2) is 18.2 Å². The molecule has 0 aliphatic carbocycles. The van der Waals surface area contributed by atoms with Gasteiger partial charge in [0.25, 0.3) is 0 Å². The molecule has 0 saturated heterocycles. The zero-order valence-electron chi connectivity index (χ0n) is 11.5. The highest BCUT2D eigenvalue weighted by molar-refractivity contribution is 6.33. The minimum absolute atomic E-state index is 0.588. The molecular weight excluding hydrogens is 265 g/mol. The van der Waals surface area contributed by atoms with Gasteiger partial charge in [-0.1, -0.05) is 44.0 Å². The summed E-state index contributed by atoms with van der Waals surface area (Å²) in [6.07, 6.45) is 2.16. The molecule has 18 heavy (non-hydrogen) atoms. The van der Waals surface area contributed by atoms with Gasteiger partial charge in [0.1, 0.15) is 0 Å². The van der Waals surface area contributed by atoms with Gasteiger partial charge in [0.05, 0.1) is 0 Å². The minimum Gasteiger partial charge on any atom is -0.316 e. The second-order valence-electron chi connectivity index (χ2n) is 5.10. The monoisotopic (exact) mass is 287 g/mol. The number of benzene rings is 1. The van der Waals surface area contributed by atoms with Crippen LogP contribution < -0.4 is 5.32 Å². The van der Waals surface area contributed by atoms with Crippen LogP contribution in [0.3, 0.4) is 0 Å². The molecular formula is C15H23Cl2N. The lowest BCUT2D eigenvalue weighted by Crippen LogP contribution is -2.26. The third-order valence-electron chi connectivity index (χ3n) is 3.41. The normalized spacial score (nSPS) is 14.5. The number of hydrogen-bond donors (Lipinski definition) is 1. The lowest BCUT2D eigenvalue weighted by atomic mass is 9.89. The van der Waals surface area contributed by atoms with Crippen LogP contribution >= 0.6 is 23.2 Å². The Hall–Kier alpha value is -0.240. The van der Waals surface area contributed by atoms with E-state index in [1.54, 1.807) is 0 Å². The molecule has 0 amide bonds. The molecule has 0 heterocycles. The van der Waals surface area contributed by atoms with Gasteiger partial charge in [-0.3, -0.25) is 0 Å². The standard InChI is InChI=1S/C15H23Cl2N/c1-4-7-18-10-12(3)11(2)8-13-9-14(16)5-6-15(13)17/h5-6,9,11-12,18H,4,7-8,10H2,1-3H3. The average molecular weight is 288 g/mol. The first-order valence-electron chi connectivity index (χ1n) is 6.69. The predicted octanol–water partition coefficient (Wildman–Crippen LogP) is 4.81. The second kappa shape index (κ2) is 8.04. The zero-order valence-corrected chi connectivity index (χ0v) is 13.0. The van der Waals surface area contributed by atoms with Gasteiger partial charge in [-0.15, -0.1) is 0 Å². The fourth-order valence-corrected chi connectivity index (χ4v) is 2.34. The Morgan fingerprint density at radius 1 is 1.17 bits per heavy atom. The Morgan fingerprint density at radius 2 is 1.89 bits per heavy atom. The van der Waals surface area contributed by atoms with Gasteiger partial charge < -0.3 is 5.32 Å². The molecule has 1 rings (SSSR count). The lowest BCUT2D eigenvalue weighted by molar-refractivity contribution is 0.365. The molecule has 1 N–H and O–H groups in total. The average Bonchev–Trinajstić information content (AvgIpc) is 2.34. The van der Waals surface area contributed by atoms with Crippen LogP contribution in [0.25, 0.3) is 0 Å². The summed E-state index contributed by atoms with van der Waals surface area (Å²) in [7, 11) is 0. The van der Waals surface area contributed by atoms with Crippen LogP contribution in [0.2, 0.25) is 10.0 Å². The van der Waals surface area contributed by atoms with Crippen LogP contribution in [0.4, 0.5) is 0 Å². The van der Waals surface area contributed by atoms with Crippen molar-refractivity contribution in [2.45, 2.75) is 33.6 Å². The van der Waals surface area contributed by atoms with Gasteiger partial charge in [0.15, 0.2) is 0 Å². The number of rotatable bonds is 7. The molecule has 0 bridgehead atoms. The maximum Gasteiger partial charge on any atom is 0.0439 e. The first-order valence-corrected chi connectivity index (χ1v) is 7.44. The van der Waals surface area contributed by atoms with Crippen molar-refractivity contribution in [3.63, 3.8) is 0 Å². The van der Waals surface area contributed by atoms with Gasteiger partial charge in [0.2, 0.25) is 0 Å². The van der Waals surface area contributed by atoms with Crippen molar-refractivity contribution in [2.75, 3.05) is 13.1 Å². The van der Waals surface area contributed by atoms with Gasteiger partial charge in [-0.2, -0.15) is 0 Å². The largest absolute Gasteiger partial charge is 0.316 e. The van der Waals surface area contributed by atoms with Crippen LogP contribution in [-0.2, 0) is 6.42 Å². The Kier molecular flexibility index (Phi) is 7.06. The van der Waals surface area contributed by atoms with E-state index in [0.29, 0.717) is 11.8 Å². The third-order valence-corrected chi connectivity index (χ3v) is 4.02. The van der Waals surface area contributed by atoms with Gasteiger partial charge >= 0.3 is 0 Å². The molecule has 0 aliphatic heterocycles. The Bertz CT molecular complexity index is 366. The Labute approximate surface area is 121 Å². The summed E-state index contributed by atoms with van der Waals surface area (Å²) in [5.74, 6) is 1.22. The lowest BCUT2D eigenvalue weighted by Gasteiger charge is -2.21. The van der Waals surface area contributed by atoms with Crippen molar-refractivity contribution in [3.8, 4) is 0 Å². The molecule has 2 unspecified atom stereocenters. The first kappa shape index (κ1) is 15.8. The molecule has 1 aromatic rings. The Balaban J connectivity index is 2.52. The summed E-state index contributed by atoms with van der Waals surface area (Å²) < 4.78 is 0. The fourth-order valence-electron chi connectivity index (χ4n) is 1.96. The van der Waals surface area contributed by atoms with E-state index in [1.807, 2.05) is 18.2 Å². The number of nitrogens with one attached hydrogen (secondary N) is 1. The van der Waals surface area contributed by atoms with Crippen molar-refractivity contribution >= 4 is 23.2 Å². The smallest absolute Gasteiger partial charge is 0.0439 e. The van der Waals surface area contributed by atoms with E-state index in [-0.39, 0.29) is 0 Å².